The van der Waals surface area contributed by atoms with E-state index in [1.807, 2.05) is 38.1 Å². The fourth-order valence-electron chi connectivity index (χ4n) is 3.37. The van der Waals surface area contributed by atoms with Crippen LogP contribution in [0.3, 0.4) is 0 Å². The summed E-state index contributed by atoms with van der Waals surface area (Å²) in [7, 11) is 1.59. The van der Waals surface area contributed by atoms with Crippen LogP contribution < -0.4 is 20.3 Å². The topological polar surface area (TPSA) is 99.8 Å². The lowest BCUT2D eigenvalue weighted by Gasteiger charge is -2.14. The zero-order valence-corrected chi connectivity index (χ0v) is 19.9. The minimum absolute atomic E-state index is 0.155. The standard InChI is InChI=1S/C24H25N5O4S/c1-4-20(22(30)25-16-6-10-18(32-3)11-7-16)34-24-27-26-21-23(31)28(14-15-29(21)24)17-8-12-19(13-9-17)33-5-2/h6-15,20H,4-5H2,1-3H3,(H,25,30). The summed E-state index contributed by atoms with van der Waals surface area (Å²) in [5.41, 5.74) is 1.25. The van der Waals surface area contributed by atoms with Crippen molar-refractivity contribution in [3.63, 3.8) is 0 Å². The lowest BCUT2D eigenvalue weighted by Crippen LogP contribution is -2.25. The number of nitrogens with one attached hydrogen (secondary N) is 1. The molecule has 1 N–H and O–H groups in total. The number of anilines is 1. The van der Waals surface area contributed by atoms with Crippen molar-refractivity contribution >= 4 is 29.0 Å². The molecular weight excluding hydrogens is 454 g/mol. The first kappa shape index (κ1) is 23.4. The number of hydrogen-bond donors (Lipinski definition) is 1. The molecule has 10 heteroatoms. The molecule has 4 rings (SSSR count). The molecule has 2 heterocycles. The van der Waals surface area contributed by atoms with Gasteiger partial charge in [-0.3, -0.25) is 18.6 Å². The van der Waals surface area contributed by atoms with Crippen molar-refractivity contribution in [3.8, 4) is 17.2 Å². The van der Waals surface area contributed by atoms with E-state index in [2.05, 4.69) is 15.5 Å². The van der Waals surface area contributed by atoms with Gasteiger partial charge in [-0.25, -0.2) is 0 Å². The molecule has 2 aromatic carbocycles. The van der Waals surface area contributed by atoms with Gasteiger partial charge in [-0.15, -0.1) is 10.2 Å². The van der Waals surface area contributed by atoms with E-state index in [-0.39, 0.29) is 17.1 Å². The molecular formula is C24H25N5O4S. The molecule has 0 bridgehead atoms. The van der Waals surface area contributed by atoms with Crippen molar-refractivity contribution in [3.05, 3.63) is 71.3 Å². The van der Waals surface area contributed by atoms with Gasteiger partial charge in [0.25, 0.3) is 0 Å². The number of fused-ring (bicyclic) bond motifs is 1. The Kier molecular flexibility index (Phi) is 7.17. The summed E-state index contributed by atoms with van der Waals surface area (Å²) in [6, 6.07) is 14.4. The molecule has 0 spiro atoms. The first-order valence-corrected chi connectivity index (χ1v) is 11.7. The number of carbonyl (C=O) groups excluding carboxylic acids is 1. The van der Waals surface area contributed by atoms with Crippen molar-refractivity contribution in [1.29, 1.82) is 0 Å². The summed E-state index contributed by atoms with van der Waals surface area (Å²) in [6.45, 7) is 4.41. The van der Waals surface area contributed by atoms with Crippen molar-refractivity contribution < 1.29 is 14.3 Å². The van der Waals surface area contributed by atoms with Gasteiger partial charge in [0.1, 0.15) is 11.5 Å². The largest absolute Gasteiger partial charge is 0.497 e. The van der Waals surface area contributed by atoms with Gasteiger partial charge in [0.2, 0.25) is 11.6 Å². The summed E-state index contributed by atoms with van der Waals surface area (Å²) >= 11 is 1.27. The van der Waals surface area contributed by atoms with E-state index in [0.29, 0.717) is 35.3 Å². The van der Waals surface area contributed by atoms with Crippen molar-refractivity contribution in [2.45, 2.75) is 30.7 Å². The molecule has 2 aromatic heterocycles. The van der Waals surface area contributed by atoms with Gasteiger partial charge in [0.15, 0.2) is 5.16 Å². The molecule has 0 saturated heterocycles. The van der Waals surface area contributed by atoms with Crippen LogP contribution in [0.25, 0.3) is 11.3 Å². The minimum Gasteiger partial charge on any atom is -0.497 e. The molecule has 34 heavy (non-hydrogen) atoms. The highest BCUT2D eigenvalue weighted by atomic mass is 32.2. The second-order valence-corrected chi connectivity index (χ2v) is 8.48. The van der Waals surface area contributed by atoms with Crippen LogP contribution in [0, 0.1) is 0 Å². The molecule has 1 unspecified atom stereocenters. The van der Waals surface area contributed by atoms with Gasteiger partial charge in [-0.2, -0.15) is 0 Å². The number of thioether (sulfide) groups is 1. The lowest BCUT2D eigenvalue weighted by atomic mass is 10.2. The zero-order valence-electron chi connectivity index (χ0n) is 19.1. The Morgan fingerprint density at radius 3 is 2.38 bits per heavy atom. The molecule has 4 aromatic rings. The van der Waals surface area contributed by atoms with Crippen LogP contribution in [0.2, 0.25) is 0 Å². The van der Waals surface area contributed by atoms with Crippen molar-refractivity contribution in [1.82, 2.24) is 19.2 Å². The van der Waals surface area contributed by atoms with Crippen LogP contribution in [0.4, 0.5) is 5.69 Å². The van der Waals surface area contributed by atoms with Crippen LogP contribution in [-0.4, -0.2) is 44.0 Å². The highest BCUT2D eigenvalue weighted by molar-refractivity contribution is 8.00. The maximum atomic E-state index is 13.0. The molecule has 0 aliphatic carbocycles. The Bertz CT molecular complexity index is 1330. The summed E-state index contributed by atoms with van der Waals surface area (Å²) in [4.78, 5) is 25.9. The highest BCUT2D eigenvalue weighted by Gasteiger charge is 2.22. The molecule has 0 radical (unpaired) electrons. The van der Waals surface area contributed by atoms with Crippen LogP contribution in [0.15, 0.2) is 70.9 Å². The molecule has 9 nitrogen and oxygen atoms in total. The molecule has 1 amide bonds. The maximum Gasteiger partial charge on any atom is 0.300 e. The average molecular weight is 480 g/mol. The first-order valence-electron chi connectivity index (χ1n) is 10.8. The number of aromatic nitrogens is 4. The van der Waals surface area contributed by atoms with Crippen LogP contribution >= 0.6 is 11.8 Å². The minimum atomic E-state index is -0.414. The number of amides is 1. The maximum absolute atomic E-state index is 13.0. The number of rotatable bonds is 9. The Morgan fingerprint density at radius 2 is 1.74 bits per heavy atom. The van der Waals surface area contributed by atoms with E-state index >= 15 is 0 Å². The molecule has 0 saturated carbocycles. The van der Waals surface area contributed by atoms with E-state index in [0.717, 1.165) is 5.75 Å². The molecule has 1 atom stereocenters. The quantitative estimate of drug-likeness (QED) is 0.365. The predicted octanol–water partition coefficient (Wildman–Crippen LogP) is 3.80. The van der Waals surface area contributed by atoms with Crippen molar-refractivity contribution in [2.75, 3.05) is 19.0 Å². The second-order valence-electron chi connectivity index (χ2n) is 7.31. The SMILES string of the molecule is CCOc1ccc(-n2ccn3c(SC(CC)C(=O)Nc4ccc(OC)cc4)nnc3c2=O)cc1. The third kappa shape index (κ3) is 4.91. The van der Waals surface area contributed by atoms with Gasteiger partial charge in [0, 0.05) is 23.8 Å². The van der Waals surface area contributed by atoms with E-state index < -0.39 is 5.25 Å². The monoisotopic (exact) mass is 479 g/mol. The predicted molar refractivity (Wildman–Crippen MR) is 131 cm³/mol. The molecule has 0 aliphatic rings. The van der Waals surface area contributed by atoms with Gasteiger partial charge in [0.05, 0.1) is 19.0 Å². The Morgan fingerprint density at radius 1 is 1.03 bits per heavy atom. The van der Waals surface area contributed by atoms with Gasteiger partial charge in [-0.05, 0) is 61.9 Å². The summed E-state index contributed by atoms with van der Waals surface area (Å²) in [5, 5.41) is 11.2. The van der Waals surface area contributed by atoms with Gasteiger partial charge in [-0.1, -0.05) is 18.7 Å². The summed E-state index contributed by atoms with van der Waals surface area (Å²) < 4.78 is 13.7. The number of hydrogen-bond acceptors (Lipinski definition) is 7. The molecule has 0 aliphatic heterocycles. The van der Waals surface area contributed by atoms with Gasteiger partial charge < -0.3 is 14.8 Å². The number of methoxy groups -OCH3 is 1. The lowest BCUT2D eigenvalue weighted by molar-refractivity contribution is -0.115. The van der Waals surface area contributed by atoms with E-state index in [9.17, 15) is 9.59 Å². The fraction of sp³-hybridized carbons (Fsp3) is 0.250. The van der Waals surface area contributed by atoms with Gasteiger partial charge >= 0.3 is 5.56 Å². The third-order valence-electron chi connectivity index (χ3n) is 5.13. The van der Waals surface area contributed by atoms with E-state index in [1.165, 1.54) is 16.3 Å². The number of nitrogens with zero attached hydrogens (tertiary/aromatic N) is 4. The third-order valence-corrected chi connectivity index (χ3v) is 6.45. The Labute approximate surface area is 200 Å². The van der Waals surface area contributed by atoms with E-state index in [4.69, 9.17) is 9.47 Å². The van der Waals surface area contributed by atoms with Crippen LogP contribution in [0.1, 0.15) is 20.3 Å². The number of carbonyl (C=O) groups is 1. The molecule has 176 valence electrons. The second kappa shape index (κ2) is 10.4. The van der Waals surface area contributed by atoms with Crippen LogP contribution in [0.5, 0.6) is 11.5 Å². The van der Waals surface area contributed by atoms with Crippen molar-refractivity contribution in [2.24, 2.45) is 0 Å². The van der Waals surface area contributed by atoms with Crippen LogP contribution in [-0.2, 0) is 4.79 Å². The molecule has 0 fully saturated rings. The van der Waals surface area contributed by atoms with E-state index in [1.54, 1.807) is 48.2 Å². The number of ether oxygens (including phenoxy) is 2. The summed E-state index contributed by atoms with van der Waals surface area (Å²) in [5.74, 6) is 1.29. The normalized spacial score (nSPS) is 11.9. The smallest absolute Gasteiger partial charge is 0.300 e. The Hall–Kier alpha value is -3.79. The summed E-state index contributed by atoms with van der Waals surface area (Å²) in [6.07, 6.45) is 3.96. The fourth-order valence-corrected chi connectivity index (χ4v) is 4.30. The first-order chi connectivity index (χ1) is 16.5. The highest BCUT2D eigenvalue weighted by Crippen LogP contribution is 2.26. The zero-order chi connectivity index (χ0) is 24.1. The Balaban J connectivity index is 1.54. The average Bonchev–Trinajstić information content (AvgIpc) is 3.27. The number of benzene rings is 2.